The molecule has 2 aromatic rings. The maximum atomic E-state index is 9.74. The number of aromatic hydroxyl groups is 2. The normalized spacial score (nSPS) is 10.8. The number of aromatic nitrogens is 3. The zero-order chi connectivity index (χ0) is 13.7. The Bertz CT molecular complexity index is 537. The topological polar surface area (TPSA) is 71.2 Å². The summed E-state index contributed by atoms with van der Waals surface area (Å²) in [5.41, 5.74) is 1.34. The third kappa shape index (κ3) is 3.47. The summed E-state index contributed by atoms with van der Waals surface area (Å²) in [4.78, 5) is 0. The minimum Gasteiger partial charge on any atom is -0.508 e. The van der Waals surface area contributed by atoms with Crippen molar-refractivity contribution in [2.75, 3.05) is 0 Å². The molecule has 1 aromatic carbocycles. The lowest BCUT2D eigenvalue weighted by molar-refractivity contribution is 0.455. The fraction of sp³-hybridized carbons (Fsp3) is 0.429. The van der Waals surface area contributed by atoms with Gasteiger partial charge in [-0.2, -0.15) is 0 Å². The Kier molecular flexibility index (Phi) is 4.39. The molecule has 1 aromatic heterocycles. The van der Waals surface area contributed by atoms with Gasteiger partial charge in [0.1, 0.15) is 17.2 Å². The predicted octanol–water partition coefficient (Wildman–Crippen LogP) is 2.80. The summed E-state index contributed by atoms with van der Waals surface area (Å²) in [6.07, 6.45) is 7.42. The van der Waals surface area contributed by atoms with E-state index in [-0.39, 0.29) is 11.5 Å². The number of hydrogen-bond acceptors (Lipinski definition) is 4. The summed E-state index contributed by atoms with van der Waals surface area (Å²) in [6.45, 7) is 2.18. The number of phenolic OH excluding ortho intramolecular Hbond substituents is 2. The lowest BCUT2D eigenvalue weighted by Gasteiger charge is -2.03. The Balaban J connectivity index is 2.06. The number of rotatable bonds is 6. The van der Waals surface area contributed by atoms with Gasteiger partial charge >= 0.3 is 0 Å². The van der Waals surface area contributed by atoms with Crippen LogP contribution in [-0.4, -0.2) is 25.2 Å². The van der Waals surface area contributed by atoms with Crippen molar-refractivity contribution >= 4 is 0 Å². The molecule has 2 N–H and O–H groups in total. The molecule has 2 rings (SSSR count). The zero-order valence-corrected chi connectivity index (χ0v) is 11.1. The minimum atomic E-state index is 0.0697. The summed E-state index contributed by atoms with van der Waals surface area (Å²) in [5.74, 6) is 0.160. The average molecular weight is 261 g/mol. The molecule has 102 valence electrons. The molecular formula is C14H19N3O2. The van der Waals surface area contributed by atoms with Crippen LogP contribution in [0.25, 0.3) is 5.69 Å². The van der Waals surface area contributed by atoms with Crippen LogP contribution in [0.1, 0.15) is 38.3 Å². The van der Waals surface area contributed by atoms with Gasteiger partial charge in [-0.25, -0.2) is 4.68 Å². The van der Waals surface area contributed by atoms with Gasteiger partial charge in [-0.3, -0.25) is 0 Å². The van der Waals surface area contributed by atoms with Gasteiger partial charge in [0, 0.05) is 6.07 Å². The zero-order valence-electron chi connectivity index (χ0n) is 11.1. The number of hydrogen-bond donors (Lipinski definition) is 2. The molecule has 5 nitrogen and oxygen atoms in total. The molecule has 0 unspecified atom stereocenters. The van der Waals surface area contributed by atoms with E-state index in [2.05, 4.69) is 17.2 Å². The van der Waals surface area contributed by atoms with Crippen LogP contribution in [0.4, 0.5) is 0 Å². The Morgan fingerprint density at radius 3 is 2.79 bits per heavy atom. The van der Waals surface area contributed by atoms with Gasteiger partial charge in [0.15, 0.2) is 0 Å². The molecule has 0 aliphatic rings. The second-order valence-electron chi connectivity index (χ2n) is 4.64. The first-order valence-electron chi connectivity index (χ1n) is 6.64. The van der Waals surface area contributed by atoms with E-state index < -0.39 is 0 Å². The molecule has 0 bridgehead atoms. The van der Waals surface area contributed by atoms with E-state index in [0.717, 1.165) is 18.5 Å². The number of aryl methyl sites for hydroxylation is 1. The van der Waals surface area contributed by atoms with Crippen molar-refractivity contribution in [3.8, 4) is 17.2 Å². The van der Waals surface area contributed by atoms with Crippen LogP contribution in [0.2, 0.25) is 0 Å². The number of phenols is 2. The predicted molar refractivity (Wildman–Crippen MR) is 72.5 cm³/mol. The lowest BCUT2D eigenvalue weighted by atomic mass is 10.1. The molecule has 0 spiro atoms. The quantitative estimate of drug-likeness (QED) is 0.619. The standard InChI is InChI=1S/C14H19N3O2/c1-2-3-4-5-6-11-10-17(16-15-11)13-9-12(18)7-8-14(13)19/h7-10,18-19H,2-6H2,1H3. The summed E-state index contributed by atoms with van der Waals surface area (Å²) >= 11 is 0. The van der Waals surface area contributed by atoms with Crippen molar-refractivity contribution in [3.05, 3.63) is 30.1 Å². The van der Waals surface area contributed by atoms with Gasteiger partial charge in [-0.05, 0) is 25.0 Å². The first-order valence-corrected chi connectivity index (χ1v) is 6.64. The van der Waals surface area contributed by atoms with Crippen molar-refractivity contribution in [1.82, 2.24) is 15.0 Å². The SMILES string of the molecule is CCCCCCc1cn(-c2cc(O)ccc2O)nn1. The van der Waals surface area contributed by atoms with Crippen molar-refractivity contribution < 1.29 is 10.2 Å². The average Bonchev–Trinajstić information content (AvgIpc) is 2.86. The van der Waals surface area contributed by atoms with Crippen LogP contribution in [0.5, 0.6) is 11.5 Å². The van der Waals surface area contributed by atoms with Gasteiger partial charge < -0.3 is 10.2 Å². The third-order valence-electron chi connectivity index (χ3n) is 3.03. The van der Waals surface area contributed by atoms with E-state index in [1.54, 1.807) is 6.20 Å². The Labute approximate surface area is 112 Å². The van der Waals surface area contributed by atoms with Crippen molar-refractivity contribution in [2.45, 2.75) is 39.0 Å². The Morgan fingerprint density at radius 2 is 2.00 bits per heavy atom. The highest BCUT2D eigenvalue weighted by molar-refractivity contribution is 5.49. The van der Waals surface area contributed by atoms with Crippen LogP contribution in [0, 0.1) is 0 Å². The Hall–Kier alpha value is -2.04. The van der Waals surface area contributed by atoms with Crippen LogP contribution in [-0.2, 0) is 6.42 Å². The summed E-state index contributed by atoms with van der Waals surface area (Å²) in [5, 5.41) is 27.2. The highest BCUT2D eigenvalue weighted by atomic mass is 16.3. The molecule has 19 heavy (non-hydrogen) atoms. The van der Waals surface area contributed by atoms with Crippen molar-refractivity contribution in [2.24, 2.45) is 0 Å². The number of nitrogens with zero attached hydrogens (tertiary/aromatic N) is 3. The first kappa shape index (κ1) is 13.4. The van der Waals surface area contributed by atoms with Crippen molar-refractivity contribution in [3.63, 3.8) is 0 Å². The van der Waals surface area contributed by atoms with E-state index in [4.69, 9.17) is 0 Å². The fourth-order valence-electron chi connectivity index (χ4n) is 1.96. The summed E-state index contributed by atoms with van der Waals surface area (Å²) < 4.78 is 1.49. The fourth-order valence-corrected chi connectivity index (χ4v) is 1.96. The van der Waals surface area contributed by atoms with E-state index in [0.29, 0.717) is 5.69 Å². The molecule has 1 heterocycles. The van der Waals surface area contributed by atoms with Gasteiger partial charge in [-0.15, -0.1) is 5.10 Å². The smallest absolute Gasteiger partial charge is 0.141 e. The molecule has 0 aliphatic carbocycles. The highest BCUT2D eigenvalue weighted by Crippen LogP contribution is 2.25. The largest absolute Gasteiger partial charge is 0.508 e. The summed E-state index contributed by atoms with van der Waals surface area (Å²) in [7, 11) is 0. The van der Waals surface area contributed by atoms with Gasteiger partial charge in [0.05, 0.1) is 11.9 Å². The molecule has 0 saturated carbocycles. The maximum absolute atomic E-state index is 9.74. The molecule has 0 amide bonds. The van der Waals surface area contributed by atoms with Crippen molar-refractivity contribution in [1.29, 1.82) is 0 Å². The molecule has 0 aliphatic heterocycles. The monoisotopic (exact) mass is 261 g/mol. The lowest BCUT2D eigenvalue weighted by Crippen LogP contribution is -1.95. The molecule has 0 radical (unpaired) electrons. The molecular weight excluding hydrogens is 242 g/mol. The molecule has 0 saturated heterocycles. The summed E-state index contributed by atoms with van der Waals surface area (Å²) in [6, 6.07) is 4.33. The van der Waals surface area contributed by atoms with Crippen LogP contribution >= 0.6 is 0 Å². The van der Waals surface area contributed by atoms with Gasteiger partial charge in [-0.1, -0.05) is 31.4 Å². The Morgan fingerprint density at radius 1 is 1.16 bits per heavy atom. The van der Waals surface area contributed by atoms with E-state index >= 15 is 0 Å². The third-order valence-corrected chi connectivity index (χ3v) is 3.03. The van der Waals surface area contributed by atoms with Gasteiger partial charge in [0.25, 0.3) is 0 Å². The first-order chi connectivity index (χ1) is 9.20. The maximum Gasteiger partial charge on any atom is 0.141 e. The van der Waals surface area contributed by atoms with E-state index in [9.17, 15) is 10.2 Å². The highest BCUT2D eigenvalue weighted by Gasteiger charge is 2.08. The van der Waals surface area contributed by atoms with Crippen LogP contribution < -0.4 is 0 Å². The van der Waals surface area contributed by atoms with Crippen LogP contribution in [0.15, 0.2) is 24.4 Å². The molecule has 0 fully saturated rings. The second-order valence-corrected chi connectivity index (χ2v) is 4.64. The minimum absolute atomic E-state index is 0.0697. The second kappa shape index (κ2) is 6.22. The number of benzene rings is 1. The van der Waals surface area contributed by atoms with Gasteiger partial charge in [0.2, 0.25) is 0 Å². The van der Waals surface area contributed by atoms with Crippen LogP contribution in [0.3, 0.4) is 0 Å². The van der Waals surface area contributed by atoms with E-state index in [1.807, 2.05) is 0 Å². The molecule has 0 atom stereocenters. The number of unbranched alkanes of at least 4 members (excludes halogenated alkanes) is 3. The van der Waals surface area contributed by atoms with E-state index in [1.165, 1.54) is 42.1 Å². The molecule has 5 heteroatoms.